The molecule has 0 saturated carbocycles. The monoisotopic (exact) mass is 338 g/mol. The Kier molecular flexibility index (Phi) is 5.41. The molecule has 1 saturated heterocycles. The van der Waals surface area contributed by atoms with E-state index >= 15 is 0 Å². The number of carbonyl (C=O) groups is 2. The number of carbonyl (C=O) groups excluding carboxylic acids is 2. The molecule has 23 heavy (non-hydrogen) atoms. The molecule has 0 radical (unpaired) electrons. The van der Waals surface area contributed by atoms with Crippen LogP contribution in [0.1, 0.15) is 36.8 Å². The van der Waals surface area contributed by atoms with Crippen molar-refractivity contribution in [3.63, 3.8) is 0 Å². The van der Waals surface area contributed by atoms with Gasteiger partial charge in [0, 0.05) is 13.0 Å². The van der Waals surface area contributed by atoms with E-state index in [1.807, 2.05) is 6.07 Å². The Labute approximate surface area is 136 Å². The smallest absolute Gasteiger partial charge is 0.264 e. The number of benzene rings is 1. The molecule has 0 bridgehead atoms. The van der Waals surface area contributed by atoms with Crippen molar-refractivity contribution in [3.05, 3.63) is 29.3 Å². The number of sulfonamides is 1. The van der Waals surface area contributed by atoms with Gasteiger partial charge in [-0.1, -0.05) is 18.6 Å². The first-order valence-corrected chi connectivity index (χ1v) is 9.18. The molecule has 0 unspecified atom stereocenters. The van der Waals surface area contributed by atoms with Gasteiger partial charge in [0.15, 0.2) is 0 Å². The maximum absolute atomic E-state index is 12.4. The molecule has 1 fully saturated rings. The Hall–Kier alpha value is -1.89. The fourth-order valence-corrected chi connectivity index (χ4v) is 3.92. The average molecular weight is 338 g/mol. The summed E-state index contributed by atoms with van der Waals surface area (Å²) in [5, 5.41) is 0. The number of likely N-dealkylation sites (tertiary alicyclic amines) is 1. The van der Waals surface area contributed by atoms with E-state index in [0.29, 0.717) is 18.5 Å². The van der Waals surface area contributed by atoms with E-state index in [4.69, 9.17) is 0 Å². The van der Waals surface area contributed by atoms with Crippen molar-refractivity contribution in [1.29, 1.82) is 0 Å². The van der Waals surface area contributed by atoms with Gasteiger partial charge >= 0.3 is 0 Å². The third-order valence-corrected chi connectivity index (χ3v) is 5.40. The maximum atomic E-state index is 12.4. The fourth-order valence-electron chi connectivity index (χ4n) is 2.61. The van der Waals surface area contributed by atoms with E-state index in [0.717, 1.165) is 24.8 Å². The predicted molar refractivity (Wildman–Crippen MR) is 86.3 cm³/mol. The summed E-state index contributed by atoms with van der Waals surface area (Å²) in [6.45, 7) is 3.74. The molecule has 2 rings (SSSR count). The minimum Gasteiger partial charge on any atom is -0.333 e. The van der Waals surface area contributed by atoms with Gasteiger partial charge in [0.05, 0.1) is 4.90 Å². The van der Waals surface area contributed by atoms with Crippen molar-refractivity contribution >= 4 is 21.8 Å². The van der Waals surface area contributed by atoms with Gasteiger partial charge in [0.25, 0.3) is 15.9 Å². The van der Waals surface area contributed by atoms with Crippen LogP contribution >= 0.6 is 0 Å². The van der Waals surface area contributed by atoms with Gasteiger partial charge in [-0.05, 0) is 43.9 Å². The lowest BCUT2D eigenvalue weighted by Gasteiger charge is -2.20. The second kappa shape index (κ2) is 7.12. The van der Waals surface area contributed by atoms with Crippen LogP contribution in [0.4, 0.5) is 0 Å². The van der Waals surface area contributed by atoms with Crippen LogP contribution in [-0.4, -0.2) is 38.2 Å². The zero-order chi connectivity index (χ0) is 17.0. The number of aryl methyl sites for hydroxylation is 2. The first-order chi connectivity index (χ1) is 10.8. The van der Waals surface area contributed by atoms with Crippen LogP contribution < -0.4 is 4.72 Å². The molecule has 2 amide bonds. The lowest BCUT2D eigenvalue weighted by molar-refractivity contribution is -0.135. The molecule has 1 heterocycles. The second-order valence-corrected chi connectivity index (χ2v) is 7.57. The Bertz CT molecular complexity index is 713. The molecule has 7 heteroatoms. The topological polar surface area (TPSA) is 83.6 Å². The van der Waals surface area contributed by atoms with Crippen LogP contribution in [0.2, 0.25) is 0 Å². The maximum Gasteiger partial charge on any atom is 0.264 e. The van der Waals surface area contributed by atoms with Gasteiger partial charge < -0.3 is 4.90 Å². The van der Waals surface area contributed by atoms with Crippen LogP contribution in [0, 0.1) is 13.8 Å². The Morgan fingerprint density at radius 2 is 1.96 bits per heavy atom. The van der Waals surface area contributed by atoms with Crippen molar-refractivity contribution in [2.24, 2.45) is 0 Å². The molecule has 1 aromatic rings. The summed E-state index contributed by atoms with van der Waals surface area (Å²) in [6, 6.07) is 5.04. The summed E-state index contributed by atoms with van der Waals surface area (Å²) < 4.78 is 26.8. The largest absolute Gasteiger partial charge is 0.333 e. The summed E-state index contributed by atoms with van der Waals surface area (Å²) in [4.78, 5) is 25.5. The average Bonchev–Trinajstić information content (AvgIpc) is 2.66. The predicted octanol–water partition coefficient (Wildman–Crippen LogP) is 1.51. The number of amides is 2. The van der Waals surface area contributed by atoms with Gasteiger partial charge in [0.2, 0.25) is 5.91 Å². The normalized spacial score (nSPS) is 16.1. The molecule has 0 aliphatic carbocycles. The van der Waals surface area contributed by atoms with Crippen LogP contribution in [0.15, 0.2) is 23.1 Å². The quantitative estimate of drug-likeness (QED) is 0.902. The SMILES string of the molecule is Cc1ccc(C)c(S(=O)(=O)NC(=O)CN2CCCCCC2=O)c1. The zero-order valence-corrected chi connectivity index (χ0v) is 14.3. The highest BCUT2D eigenvalue weighted by Crippen LogP contribution is 2.17. The molecule has 6 nitrogen and oxygen atoms in total. The van der Waals surface area contributed by atoms with Gasteiger partial charge in [-0.25, -0.2) is 13.1 Å². The molecule has 0 atom stereocenters. The van der Waals surface area contributed by atoms with Gasteiger partial charge in [-0.15, -0.1) is 0 Å². The lowest BCUT2D eigenvalue weighted by atomic mass is 10.2. The van der Waals surface area contributed by atoms with Crippen molar-refractivity contribution in [3.8, 4) is 0 Å². The molecular weight excluding hydrogens is 316 g/mol. The highest BCUT2D eigenvalue weighted by atomic mass is 32.2. The van der Waals surface area contributed by atoms with E-state index in [-0.39, 0.29) is 17.3 Å². The summed E-state index contributed by atoms with van der Waals surface area (Å²) in [7, 11) is -3.93. The summed E-state index contributed by atoms with van der Waals surface area (Å²) in [5.41, 5.74) is 1.37. The molecular formula is C16H22N2O4S. The number of nitrogens with zero attached hydrogens (tertiary/aromatic N) is 1. The van der Waals surface area contributed by atoms with E-state index in [1.54, 1.807) is 19.9 Å². The van der Waals surface area contributed by atoms with Crippen molar-refractivity contribution in [2.45, 2.75) is 44.4 Å². The summed E-state index contributed by atoms with van der Waals surface area (Å²) >= 11 is 0. The Morgan fingerprint density at radius 1 is 1.22 bits per heavy atom. The van der Waals surface area contributed by atoms with Gasteiger partial charge in [0.1, 0.15) is 6.54 Å². The second-order valence-electron chi connectivity index (χ2n) is 5.92. The van der Waals surface area contributed by atoms with E-state index in [9.17, 15) is 18.0 Å². The zero-order valence-electron chi connectivity index (χ0n) is 13.5. The first-order valence-electron chi connectivity index (χ1n) is 7.70. The van der Waals surface area contributed by atoms with Crippen molar-refractivity contribution < 1.29 is 18.0 Å². The van der Waals surface area contributed by atoms with Crippen LogP contribution in [0.5, 0.6) is 0 Å². The highest BCUT2D eigenvalue weighted by Gasteiger charge is 2.24. The highest BCUT2D eigenvalue weighted by molar-refractivity contribution is 7.90. The van der Waals surface area contributed by atoms with Crippen LogP contribution in [0.25, 0.3) is 0 Å². The van der Waals surface area contributed by atoms with Gasteiger partial charge in [-0.2, -0.15) is 0 Å². The fraction of sp³-hybridized carbons (Fsp3) is 0.500. The molecule has 1 N–H and O–H groups in total. The van der Waals surface area contributed by atoms with Crippen LogP contribution in [-0.2, 0) is 19.6 Å². The molecule has 1 aromatic carbocycles. The van der Waals surface area contributed by atoms with E-state index in [2.05, 4.69) is 4.72 Å². The molecule has 0 spiro atoms. The molecule has 0 aromatic heterocycles. The molecule has 1 aliphatic heterocycles. The number of nitrogens with one attached hydrogen (secondary N) is 1. The van der Waals surface area contributed by atoms with Crippen molar-refractivity contribution in [1.82, 2.24) is 9.62 Å². The van der Waals surface area contributed by atoms with E-state index < -0.39 is 15.9 Å². The Balaban J connectivity index is 2.09. The third kappa shape index (κ3) is 4.54. The minimum atomic E-state index is -3.93. The molecule has 1 aliphatic rings. The van der Waals surface area contributed by atoms with Crippen LogP contribution in [0.3, 0.4) is 0 Å². The summed E-state index contributed by atoms with van der Waals surface area (Å²) in [6.07, 6.45) is 3.02. The molecule has 126 valence electrons. The number of hydrogen-bond acceptors (Lipinski definition) is 4. The standard InChI is InChI=1S/C16H22N2O4S/c1-12-7-8-13(2)14(10-12)23(21,22)17-15(19)11-18-9-5-3-4-6-16(18)20/h7-8,10H,3-6,9,11H2,1-2H3,(H,17,19). The van der Waals surface area contributed by atoms with Gasteiger partial charge in [-0.3, -0.25) is 9.59 Å². The lowest BCUT2D eigenvalue weighted by Crippen LogP contribution is -2.42. The Morgan fingerprint density at radius 3 is 2.70 bits per heavy atom. The van der Waals surface area contributed by atoms with E-state index in [1.165, 1.54) is 11.0 Å². The minimum absolute atomic E-state index is 0.0908. The third-order valence-electron chi connectivity index (χ3n) is 3.89. The summed E-state index contributed by atoms with van der Waals surface area (Å²) in [5.74, 6) is -0.775. The number of hydrogen-bond donors (Lipinski definition) is 1. The van der Waals surface area contributed by atoms with Crippen molar-refractivity contribution in [2.75, 3.05) is 13.1 Å². The first kappa shape index (κ1) is 17.5. The number of rotatable bonds is 4.